The topological polar surface area (TPSA) is 78.1 Å². The van der Waals surface area contributed by atoms with Crippen molar-refractivity contribution in [3.8, 4) is 17.1 Å². The van der Waals surface area contributed by atoms with E-state index >= 15 is 0 Å². The van der Waals surface area contributed by atoms with E-state index in [1.165, 1.54) is 0 Å². The van der Waals surface area contributed by atoms with Crippen molar-refractivity contribution in [1.29, 1.82) is 0 Å². The number of hydrogen-bond donors (Lipinski definition) is 0. The van der Waals surface area contributed by atoms with E-state index in [2.05, 4.69) is 26.0 Å². The van der Waals surface area contributed by atoms with Crippen molar-refractivity contribution in [2.24, 2.45) is 0 Å². The van der Waals surface area contributed by atoms with Crippen LogP contribution in [0.3, 0.4) is 0 Å². The van der Waals surface area contributed by atoms with Crippen LogP contribution in [0.25, 0.3) is 17.1 Å². The lowest BCUT2D eigenvalue weighted by Gasteiger charge is -2.18. The molecule has 2 aliphatic rings. The first-order chi connectivity index (χ1) is 13.5. The summed E-state index contributed by atoms with van der Waals surface area (Å²) in [7, 11) is 0. The van der Waals surface area contributed by atoms with Crippen LogP contribution < -0.4 is 0 Å². The summed E-state index contributed by atoms with van der Waals surface area (Å²) in [5.41, 5.74) is 2.69. The molecule has 2 aromatic heterocycles. The summed E-state index contributed by atoms with van der Waals surface area (Å²) in [5.74, 6) is 1.30. The number of cyclic esters (lactones) is 1. The quantitative estimate of drug-likeness (QED) is 0.463. The van der Waals surface area contributed by atoms with Gasteiger partial charge in [-0.3, -0.25) is 9.47 Å². The summed E-state index contributed by atoms with van der Waals surface area (Å²) < 4.78 is 9.89. The lowest BCUT2D eigenvalue weighted by Crippen LogP contribution is -2.32. The summed E-state index contributed by atoms with van der Waals surface area (Å²) in [6.45, 7) is 3.20. The van der Waals surface area contributed by atoms with E-state index in [0.29, 0.717) is 30.7 Å². The summed E-state index contributed by atoms with van der Waals surface area (Å²) in [6, 6.07) is 6.01. The molecule has 144 valence electrons. The Labute approximate surface area is 174 Å². The number of carbonyl (C=O) groups is 1. The predicted octanol–water partition coefficient (Wildman–Crippen LogP) is 3.64. The van der Waals surface area contributed by atoms with Crippen molar-refractivity contribution in [2.45, 2.75) is 32.5 Å². The highest BCUT2D eigenvalue weighted by molar-refractivity contribution is 9.10. The van der Waals surface area contributed by atoms with Crippen LogP contribution in [-0.4, -0.2) is 48.0 Å². The molecule has 28 heavy (non-hydrogen) atoms. The minimum atomic E-state index is -0.318. The molecule has 0 radical (unpaired) electrons. The summed E-state index contributed by atoms with van der Waals surface area (Å²) in [5, 5.41) is 5.10. The molecule has 1 amide bonds. The number of carbonyl (C=O) groups excluding carboxylic acids is 1. The molecule has 1 fully saturated rings. The third kappa shape index (κ3) is 2.72. The van der Waals surface area contributed by atoms with Gasteiger partial charge in [0, 0.05) is 10.0 Å². The van der Waals surface area contributed by atoms with Crippen LogP contribution in [0, 0.1) is 0 Å². The highest BCUT2D eigenvalue weighted by Gasteiger charge is 2.33. The van der Waals surface area contributed by atoms with E-state index < -0.39 is 0 Å². The third-order valence-corrected chi connectivity index (χ3v) is 5.96. The smallest absolute Gasteiger partial charge is 0.410 e. The largest absolute Gasteiger partial charge is 0.447 e. The van der Waals surface area contributed by atoms with E-state index in [0.717, 1.165) is 33.7 Å². The number of fused-ring (bicyclic) bond motifs is 5. The van der Waals surface area contributed by atoms with Crippen LogP contribution in [0.15, 0.2) is 29.0 Å². The summed E-state index contributed by atoms with van der Waals surface area (Å²) in [4.78, 5) is 22.8. The maximum Gasteiger partial charge on any atom is 0.410 e. The van der Waals surface area contributed by atoms with Crippen LogP contribution in [-0.2, 0) is 17.8 Å². The normalized spacial score (nSPS) is 17.8. The molecule has 5 rings (SSSR count). The van der Waals surface area contributed by atoms with Crippen molar-refractivity contribution >= 4 is 33.6 Å². The molecule has 0 saturated carbocycles. The molecule has 0 unspecified atom stereocenters. The Morgan fingerprint density at radius 2 is 2.25 bits per heavy atom. The fourth-order valence-electron chi connectivity index (χ4n) is 3.68. The highest BCUT2D eigenvalue weighted by Crippen LogP contribution is 2.34. The van der Waals surface area contributed by atoms with Crippen molar-refractivity contribution in [3.05, 3.63) is 45.7 Å². The van der Waals surface area contributed by atoms with Gasteiger partial charge in [0.2, 0.25) is 0 Å². The molecule has 1 atom stereocenters. The molecule has 0 bridgehead atoms. The first-order valence-electron chi connectivity index (χ1n) is 8.94. The molecule has 0 aliphatic carbocycles. The number of nitrogens with zero attached hydrogens (tertiary/aromatic N) is 6. The molecule has 1 aromatic carbocycles. The lowest BCUT2D eigenvalue weighted by molar-refractivity contribution is 0.155. The number of aromatic nitrogens is 5. The number of benzene rings is 1. The fourth-order valence-corrected chi connectivity index (χ4v) is 4.24. The molecule has 4 heterocycles. The van der Waals surface area contributed by atoms with E-state index in [9.17, 15) is 4.79 Å². The SMILES string of the molecule is CC[C@H]1COC(=O)N1Cc1nc2n(n1)Cc1c(Cl)ncn1-c1ccc(Br)cc1-2. The van der Waals surface area contributed by atoms with Crippen LogP contribution >= 0.6 is 27.5 Å². The van der Waals surface area contributed by atoms with E-state index in [4.69, 9.17) is 21.3 Å². The van der Waals surface area contributed by atoms with Gasteiger partial charge in [0.1, 0.15) is 12.9 Å². The molecule has 0 spiro atoms. The van der Waals surface area contributed by atoms with Gasteiger partial charge in [-0.15, -0.1) is 0 Å². The maximum absolute atomic E-state index is 12.1. The minimum absolute atomic E-state index is 0.0492. The molecule has 3 aromatic rings. The first kappa shape index (κ1) is 17.7. The van der Waals surface area contributed by atoms with E-state index in [1.807, 2.05) is 34.4 Å². The number of halogens is 2. The molecular formula is C18H16BrClN6O2. The van der Waals surface area contributed by atoms with Gasteiger partial charge in [0.05, 0.1) is 30.5 Å². The zero-order valence-corrected chi connectivity index (χ0v) is 17.3. The first-order valence-corrected chi connectivity index (χ1v) is 10.1. The van der Waals surface area contributed by atoms with Crippen molar-refractivity contribution in [2.75, 3.05) is 6.61 Å². The Morgan fingerprint density at radius 3 is 3.07 bits per heavy atom. The Hall–Kier alpha value is -2.39. The van der Waals surface area contributed by atoms with E-state index in [-0.39, 0.29) is 12.1 Å². The van der Waals surface area contributed by atoms with Crippen molar-refractivity contribution in [1.82, 2.24) is 29.2 Å². The standard InChI is InChI=1S/C18H16BrClN6O2/c1-2-11-8-28-18(27)24(11)7-15-22-17-12-5-10(19)3-4-13(12)25-9-21-16(20)14(25)6-26(17)23-15/h3-5,9,11H,2,6-8H2,1H3/t11-/m0/s1. The van der Waals surface area contributed by atoms with Crippen LogP contribution in [0.4, 0.5) is 4.79 Å². The van der Waals surface area contributed by atoms with Gasteiger partial charge in [0.15, 0.2) is 16.8 Å². The number of amides is 1. The number of rotatable bonds is 3. The monoisotopic (exact) mass is 462 g/mol. The average Bonchev–Trinajstić information content (AvgIpc) is 3.33. The van der Waals surface area contributed by atoms with Crippen LogP contribution in [0.2, 0.25) is 5.15 Å². The predicted molar refractivity (Wildman–Crippen MR) is 105 cm³/mol. The van der Waals surface area contributed by atoms with Crippen LogP contribution in [0.1, 0.15) is 24.9 Å². The Balaban J connectivity index is 1.60. The summed E-state index contributed by atoms with van der Waals surface area (Å²) in [6.07, 6.45) is 2.22. The average molecular weight is 464 g/mol. The number of hydrogen-bond acceptors (Lipinski definition) is 5. The van der Waals surface area contributed by atoms with E-state index in [1.54, 1.807) is 11.2 Å². The zero-order valence-electron chi connectivity index (χ0n) is 15.0. The van der Waals surface area contributed by atoms with Gasteiger partial charge in [-0.2, -0.15) is 5.10 Å². The van der Waals surface area contributed by atoms with Gasteiger partial charge in [-0.1, -0.05) is 34.5 Å². The third-order valence-electron chi connectivity index (χ3n) is 5.15. The molecule has 2 aliphatic heterocycles. The molecule has 8 nitrogen and oxygen atoms in total. The molecule has 1 saturated heterocycles. The number of imidazole rings is 1. The van der Waals surface area contributed by atoms with Gasteiger partial charge in [0.25, 0.3) is 0 Å². The minimum Gasteiger partial charge on any atom is -0.447 e. The zero-order chi connectivity index (χ0) is 19.4. The summed E-state index contributed by atoms with van der Waals surface area (Å²) >= 11 is 9.86. The second-order valence-electron chi connectivity index (χ2n) is 6.79. The molecule has 0 N–H and O–H groups in total. The second kappa shape index (κ2) is 6.59. The van der Waals surface area contributed by atoms with Gasteiger partial charge >= 0.3 is 6.09 Å². The maximum atomic E-state index is 12.1. The Morgan fingerprint density at radius 1 is 1.39 bits per heavy atom. The Bertz CT molecular complexity index is 1090. The highest BCUT2D eigenvalue weighted by atomic mass is 79.9. The number of ether oxygens (including phenoxy) is 1. The Kier molecular flexibility index (Phi) is 4.17. The second-order valence-corrected chi connectivity index (χ2v) is 8.06. The van der Waals surface area contributed by atoms with Crippen LogP contribution in [0.5, 0.6) is 0 Å². The fraction of sp³-hybridized carbons (Fsp3) is 0.333. The van der Waals surface area contributed by atoms with Gasteiger partial charge < -0.3 is 4.74 Å². The lowest BCUT2D eigenvalue weighted by atomic mass is 10.1. The van der Waals surface area contributed by atoms with Crippen molar-refractivity contribution in [3.63, 3.8) is 0 Å². The molecular weight excluding hydrogens is 448 g/mol. The molecule has 10 heteroatoms. The van der Waals surface area contributed by atoms with Crippen molar-refractivity contribution < 1.29 is 9.53 Å². The van der Waals surface area contributed by atoms with Gasteiger partial charge in [-0.05, 0) is 24.6 Å². The van der Waals surface area contributed by atoms with Gasteiger partial charge in [-0.25, -0.2) is 19.4 Å².